The Labute approximate surface area is 133 Å². The zero-order valence-electron chi connectivity index (χ0n) is 13.2. The Kier molecular flexibility index (Phi) is 8.36. The number of esters is 1. The summed E-state index contributed by atoms with van der Waals surface area (Å²) in [5.74, 6) is -0.544. The molecule has 2 nitrogen and oxygen atoms in total. The maximum atomic E-state index is 12.0. The first kappa shape index (κ1) is 17.7. The van der Waals surface area contributed by atoms with Gasteiger partial charge in [-0.3, -0.25) is 0 Å². The molecule has 0 radical (unpaired) electrons. The zero-order valence-corrected chi connectivity index (χ0v) is 13.2. The number of carbonyl (C=O) groups excluding carboxylic acids is 1. The Morgan fingerprint density at radius 1 is 1.27 bits per heavy atom. The van der Waals surface area contributed by atoms with Crippen LogP contribution in [0, 0.1) is 5.92 Å². The number of hydrogen-bond acceptors (Lipinski definition) is 2. The molecule has 22 heavy (non-hydrogen) atoms. The first-order valence-corrected chi connectivity index (χ1v) is 7.57. The number of ether oxygens (including phenoxy) is 1. The Bertz CT molecular complexity index is 538. The lowest BCUT2D eigenvalue weighted by molar-refractivity contribution is -0.139. The molecule has 1 aromatic rings. The fourth-order valence-corrected chi connectivity index (χ4v) is 1.81. The van der Waals surface area contributed by atoms with E-state index in [1.165, 1.54) is 0 Å². The molecule has 1 aromatic carbocycles. The summed E-state index contributed by atoms with van der Waals surface area (Å²) < 4.78 is 5.23. The van der Waals surface area contributed by atoms with E-state index in [1.807, 2.05) is 54.6 Å². The van der Waals surface area contributed by atoms with Gasteiger partial charge in [-0.1, -0.05) is 87.2 Å². The number of rotatable bonds is 9. The maximum absolute atomic E-state index is 12.0. The van der Waals surface area contributed by atoms with E-state index in [0.29, 0.717) is 12.2 Å². The highest BCUT2D eigenvalue weighted by atomic mass is 16.5. The molecule has 0 aliphatic carbocycles. The number of carbonyl (C=O) groups is 1. The molecule has 1 atom stereocenters. The molecule has 0 bridgehead atoms. The Balaban J connectivity index is 2.77. The van der Waals surface area contributed by atoms with Crippen LogP contribution >= 0.6 is 0 Å². The van der Waals surface area contributed by atoms with Crippen molar-refractivity contribution >= 4 is 12.0 Å². The molecular formula is C20H24O2. The molecule has 0 heterocycles. The van der Waals surface area contributed by atoms with Crippen LogP contribution in [0.5, 0.6) is 0 Å². The predicted octanol–water partition coefficient (Wildman–Crippen LogP) is 4.96. The van der Waals surface area contributed by atoms with Crippen molar-refractivity contribution in [3.63, 3.8) is 0 Å². The van der Waals surface area contributed by atoms with Crippen LogP contribution in [0.2, 0.25) is 0 Å². The lowest BCUT2D eigenvalue weighted by atomic mass is 9.98. The molecule has 2 heteroatoms. The van der Waals surface area contributed by atoms with Crippen LogP contribution in [-0.2, 0) is 9.53 Å². The van der Waals surface area contributed by atoms with Crippen LogP contribution in [0.25, 0.3) is 6.08 Å². The molecule has 0 saturated heterocycles. The fraction of sp³-hybridized carbons (Fsp3) is 0.250. The predicted molar refractivity (Wildman–Crippen MR) is 93.3 cm³/mol. The number of hydrogen-bond donors (Lipinski definition) is 0. The summed E-state index contributed by atoms with van der Waals surface area (Å²) in [7, 11) is 0. The maximum Gasteiger partial charge on any atom is 0.334 e. The van der Waals surface area contributed by atoms with Crippen LogP contribution < -0.4 is 0 Å². The van der Waals surface area contributed by atoms with Gasteiger partial charge in [-0.2, -0.15) is 0 Å². The van der Waals surface area contributed by atoms with E-state index in [9.17, 15) is 4.79 Å². The summed E-state index contributed by atoms with van der Waals surface area (Å²) in [6.07, 6.45) is 11.2. The summed E-state index contributed by atoms with van der Waals surface area (Å²) in [6.45, 7) is 10.0. The summed E-state index contributed by atoms with van der Waals surface area (Å²) in [6, 6.07) is 9.93. The van der Waals surface area contributed by atoms with Gasteiger partial charge in [-0.25, -0.2) is 4.79 Å². The van der Waals surface area contributed by atoms with E-state index in [0.717, 1.165) is 18.4 Å². The van der Waals surface area contributed by atoms with E-state index >= 15 is 0 Å². The molecule has 1 rings (SSSR count). The number of benzene rings is 1. The van der Waals surface area contributed by atoms with E-state index in [2.05, 4.69) is 20.1 Å². The average molecular weight is 296 g/mol. The van der Waals surface area contributed by atoms with E-state index < -0.39 is 0 Å². The van der Waals surface area contributed by atoms with Crippen molar-refractivity contribution in [1.82, 2.24) is 0 Å². The summed E-state index contributed by atoms with van der Waals surface area (Å²) in [5.41, 5.74) is 1.51. The average Bonchev–Trinajstić information content (AvgIpc) is 2.55. The van der Waals surface area contributed by atoms with Gasteiger partial charge in [0.25, 0.3) is 0 Å². The van der Waals surface area contributed by atoms with Crippen LogP contribution in [0.1, 0.15) is 25.3 Å². The summed E-state index contributed by atoms with van der Waals surface area (Å²) >= 11 is 0. The first-order valence-electron chi connectivity index (χ1n) is 7.57. The molecular weight excluding hydrogens is 272 g/mol. The highest BCUT2D eigenvalue weighted by Crippen LogP contribution is 2.17. The van der Waals surface area contributed by atoms with Gasteiger partial charge in [0.1, 0.15) is 0 Å². The lowest BCUT2D eigenvalue weighted by Crippen LogP contribution is -2.13. The van der Waals surface area contributed by atoms with Gasteiger partial charge in [0.15, 0.2) is 0 Å². The fourth-order valence-electron chi connectivity index (χ4n) is 1.81. The monoisotopic (exact) mass is 296 g/mol. The largest absolute Gasteiger partial charge is 0.462 e. The molecule has 0 N–H and O–H groups in total. The molecule has 0 aromatic heterocycles. The normalized spacial score (nSPS) is 12.4. The lowest BCUT2D eigenvalue weighted by Gasteiger charge is -2.11. The third kappa shape index (κ3) is 6.40. The van der Waals surface area contributed by atoms with Crippen LogP contribution in [0.3, 0.4) is 0 Å². The summed E-state index contributed by atoms with van der Waals surface area (Å²) in [4.78, 5) is 12.0. The highest BCUT2D eigenvalue weighted by Gasteiger charge is 2.15. The standard InChI is InChI=1S/C20H24O2/c1-4-6-13-19(15-14-18-11-9-8-10-12-18)17(3)20(21)22-16-7-5-2/h4,6,8-15,19H,1,3,5,7,16H2,2H3. The second-order valence-electron chi connectivity index (χ2n) is 4.93. The molecule has 116 valence electrons. The minimum Gasteiger partial charge on any atom is -0.462 e. The molecule has 0 saturated carbocycles. The van der Waals surface area contributed by atoms with Crippen molar-refractivity contribution in [1.29, 1.82) is 0 Å². The molecule has 0 aliphatic heterocycles. The quantitative estimate of drug-likeness (QED) is 0.279. The van der Waals surface area contributed by atoms with Gasteiger partial charge < -0.3 is 4.74 Å². The Morgan fingerprint density at radius 2 is 2.00 bits per heavy atom. The zero-order chi connectivity index (χ0) is 16.2. The van der Waals surface area contributed by atoms with Gasteiger partial charge in [0.2, 0.25) is 0 Å². The van der Waals surface area contributed by atoms with E-state index in [-0.39, 0.29) is 11.9 Å². The van der Waals surface area contributed by atoms with E-state index in [1.54, 1.807) is 6.08 Å². The van der Waals surface area contributed by atoms with Crippen molar-refractivity contribution in [3.05, 3.63) is 78.9 Å². The van der Waals surface area contributed by atoms with Gasteiger partial charge in [0, 0.05) is 11.5 Å². The summed E-state index contributed by atoms with van der Waals surface area (Å²) in [5, 5.41) is 0. The van der Waals surface area contributed by atoms with Gasteiger partial charge in [0.05, 0.1) is 6.61 Å². The van der Waals surface area contributed by atoms with Gasteiger partial charge in [-0.05, 0) is 12.0 Å². The number of unbranched alkanes of at least 4 members (excludes halogenated alkanes) is 1. The molecule has 1 unspecified atom stereocenters. The van der Waals surface area contributed by atoms with Crippen molar-refractivity contribution in [2.45, 2.75) is 19.8 Å². The second-order valence-corrected chi connectivity index (χ2v) is 4.93. The van der Waals surface area contributed by atoms with E-state index in [4.69, 9.17) is 4.74 Å². The first-order chi connectivity index (χ1) is 10.7. The van der Waals surface area contributed by atoms with Crippen LogP contribution in [0.15, 0.2) is 73.4 Å². The third-order valence-electron chi connectivity index (χ3n) is 3.15. The minimum atomic E-state index is -0.343. The number of allylic oxidation sites excluding steroid dienone is 4. The molecule has 0 spiro atoms. The van der Waals surface area contributed by atoms with Crippen molar-refractivity contribution in [3.8, 4) is 0 Å². The van der Waals surface area contributed by atoms with Crippen molar-refractivity contribution < 1.29 is 9.53 Å². The van der Waals surface area contributed by atoms with Crippen molar-refractivity contribution in [2.75, 3.05) is 6.61 Å². The van der Waals surface area contributed by atoms with Crippen LogP contribution in [0.4, 0.5) is 0 Å². The Morgan fingerprint density at radius 3 is 2.64 bits per heavy atom. The highest BCUT2D eigenvalue weighted by molar-refractivity contribution is 5.89. The van der Waals surface area contributed by atoms with Crippen molar-refractivity contribution in [2.24, 2.45) is 5.92 Å². The smallest absolute Gasteiger partial charge is 0.334 e. The van der Waals surface area contributed by atoms with Gasteiger partial charge in [-0.15, -0.1) is 0 Å². The minimum absolute atomic E-state index is 0.202. The molecule has 0 amide bonds. The second kappa shape index (κ2) is 10.4. The SMILES string of the molecule is C=CC=CC(C=Cc1ccccc1)C(=C)C(=O)OCCCC. The third-order valence-corrected chi connectivity index (χ3v) is 3.15. The van der Waals surface area contributed by atoms with Crippen LogP contribution in [-0.4, -0.2) is 12.6 Å². The molecule has 0 aliphatic rings. The topological polar surface area (TPSA) is 26.3 Å². The Hall–Kier alpha value is -2.35. The molecule has 0 fully saturated rings. The van der Waals surface area contributed by atoms with Gasteiger partial charge >= 0.3 is 5.97 Å².